The third-order valence-electron chi connectivity index (χ3n) is 5.49. The summed E-state index contributed by atoms with van der Waals surface area (Å²) in [4.78, 5) is 14.9. The highest BCUT2D eigenvalue weighted by molar-refractivity contribution is 7.92. The maximum atomic E-state index is 12.9. The fourth-order valence-electron chi connectivity index (χ4n) is 3.70. The molecule has 31 heavy (non-hydrogen) atoms. The van der Waals surface area contributed by atoms with Crippen LogP contribution in [0.3, 0.4) is 0 Å². The predicted octanol–water partition coefficient (Wildman–Crippen LogP) is 2.29. The number of carbonyl (C=O) groups excluding carboxylic acids is 1. The number of hydrogen-bond acceptors (Lipinski definition) is 5. The molecule has 2 aromatic rings. The van der Waals surface area contributed by atoms with E-state index in [2.05, 4.69) is 9.44 Å². The molecule has 1 heterocycles. The number of rotatable bonds is 6. The number of sulfonamides is 2. The normalized spacial score (nSPS) is 15.6. The molecule has 8 nitrogen and oxygen atoms in total. The maximum Gasteiger partial charge on any atom is 0.253 e. The Morgan fingerprint density at radius 1 is 1.00 bits per heavy atom. The summed E-state index contributed by atoms with van der Waals surface area (Å²) >= 11 is 0. The van der Waals surface area contributed by atoms with E-state index in [1.807, 2.05) is 12.1 Å². The van der Waals surface area contributed by atoms with Gasteiger partial charge in [0.05, 0.1) is 16.8 Å². The second kappa shape index (κ2) is 8.97. The molecule has 2 N–H and O–H groups in total. The topological polar surface area (TPSA) is 113 Å². The summed E-state index contributed by atoms with van der Waals surface area (Å²) in [5, 5.41) is 0. The highest BCUT2D eigenvalue weighted by Gasteiger charge is 2.25. The fraction of sp³-hybridized carbons (Fsp3) is 0.381. The van der Waals surface area contributed by atoms with Gasteiger partial charge in [0.25, 0.3) is 5.91 Å². The molecule has 1 amide bonds. The van der Waals surface area contributed by atoms with Crippen molar-refractivity contribution in [3.63, 3.8) is 0 Å². The number of piperidine rings is 1. The molecule has 10 heteroatoms. The molecule has 3 rings (SSSR count). The zero-order valence-corrected chi connectivity index (χ0v) is 19.4. The van der Waals surface area contributed by atoms with Gasteiger partial charge in [0, 0.05) is 18.7 Å². The van der Waals surface area contributed by atoms with Gasteiger partial charge in [0.1, 0.15) is 0 Å². The van der Waals surface area contributed by atoms with Crippen LogP contribution in [0.15, 0.2) is 47.4 Å². The maximum absolute atomic E-state index is 12.9. The average Bonchev–Trinajstić information content (AvgIpc) is 2.74. The molecule has 0 unspecified atom stereocenters. The van der Waals surface area contributed by atoms with Crippen molar-refractivity contribution in [1.82, 2.24) is 9.62 Å². The number of likely N-dealkylation sites (tertiary alicyclic amines) is 1. The zero-order chi connectivity index (χ0) is 22.8. The summed E-state index contributed by atoms with van der Waals surface area (Å²) in [5.41, 5.74) is 2.64. The molecule has 0 bridgehead atoms. The minimum atomic E-state index is -3.46. The Hall–Kier alpha value is -2.43. The van der Waals surface area contributed by atoms with Crippen LogP contribution in [0.2, 0.25) is 0 Å². The van der Waals surface area contributed by atoms with Gasteiger partial charge in [0.2, 0.25) is 20.0 Å². The molecule has 1 aliphatic heterocycles. The molecular formula is C21H27N3O5S2. The van der Waals surface area contributed by atoms with Gasteiger partial charge in [-0.05, 0) is 68.1 Å². The van der Waals surface area contributed by atoms with E-state index >= 15 is 0 Å². The Morgan fingerprint density at radius 2 is 1.61 bits per heavy atom. The van der Waals surface area contributed by atoms with E-state index in [4.69, 9.17) is 0 Å². The van der Waals surface area contributed by atoms with Crippen LogP contribution in [-0.4, -0.2) is 54.0 Å². The minimum Gasteiger partial charge on any atom is -0.339 e. The molecular weight excluding hydrogens is 438 g/mol. The second-order valence-electron chi connectivity index (χ2n) is 7.75. The summed E-state index contributed by atoms with van der Waals surface area (Å²) in [5.74, 6) is 0.112. The Labute approximate surface area is 183 Å². The summed E-state index contributed by atoms with van der Waals surface area (Å²) in [6.07, 6.45) is 2.61. The molecule has 168 valence electrons. The van der Waals surface area contributed by atoms with Crippen molar-refractivity contribution < 1.29 is 21.6 Å². The summed E-state index contributed by atoms with van der Waals surface area (Å²) in [7, 11) is -5.52. The van der Waals surface area contributed by atoms with Gasteiger partial charge in [-0.1, -0.05) is 18.2 Å². The number of hydrogen-bond donors (Lipinski definition) is 2. The van der Waals surface area contributed by atoms with Gasteiger partial charge in [-0.3, -0.25) is 9.52 Å². The van der Waals surface area contributed by atoms with Crippen molar-refractivity contribution in [2.24, 2.45) is 0 Å². The van der Waals surface area contributed by atoms with E-state index < -0.39 is 20.0 Å². The quantitative estimate of drug-likeness (QED) is 0.680. The first kappa shape index (κ1) is 23.2. The van der Waals surface area contributed by atoms with E-state index in [9.17, 15) is 21.6 Å². The van der Waals surface area contributed by atoms with Crippen LogP contribution in [0.4, 0.5) is 5.69 Å². The number of amides is 1. The number of anilines is 1. The van der Waals surface area contributed by atoms with E-state index in [0.29, 0.717) is 24.3 Å². The Bertz CT molecular complexity index is 1170. The molecule has 0 saturated carbocycles. The first-order valence-electron chi connectivity index (χ1n) is 9.91. The molecule has 0 aromatic heterocycles. The number of nitrogens with one attached hydrogen (secondary N) is 2. The van der Waals surface area contributed by atoms with Crippen molar-refractivity contribution in [2.75, 3.05) is 31.1 Å². The molecule has 1 fully saturated rings. The molecule has 1 aliphatic rings. The molecule has 2 aromatic carbocycles. The highest BCUT2D eigenvalue weighted by atomic mass is 32.2. The lowest BCUT2D eigenvalue weighted by atomic mass is 9.89. The SMILES string of the molecule is CNS(=O)(=O)c1ccc(C2CCN(C(=O)c3ccc(C)c(NS(C)(=O)=O)c3)CC2)cc1. The summed E-state index contributed by atoms with van der Waals surface area (Å²) in [6, 6.07) is 11.9. The van der Waals surface area contributed by atoms with Crippen molar-refractivity contribution in [2.45, 2.75) is 30.6 Å². The summed E-state index contributed by atoms with van der Waals surface area (Å²) < 4.78 is 51.6. The molecule has 0 radical (unpaired) electrons. The Morgan fingerprint density at radius 3 is 2.16 bits per heavy atom. The first-order chi connectivity index (χ1) is 14.5. The highest BCUT2D eigenvalue weighted by Crippen LogP contribution is 2.30. The van der Waals surface area contributed by atoms with Crippen molar-refractivity contribution >= 4 is 31.6 Å². The predicted molar refractivity (Wildman–Crippen MR) is 120 cm³/mol. The third-order valence-corrected chi connectivity index (χ3v) is 7.51. The van der Waals surface area contributed by atoms with Crippen LogP contribution in [0, 0.1) is 6.92 Å². The lowest BCUT2D eigenvalue weighted by Gasteiger charge is -2.32. The van der Waals surface area contributed by atoms with Gasteiger partial charge >= 0.3 is 0 Å². The van der Waals surface area contributed by atoms with E-state index in [1.165, 1.54) is 7.05 Å². The molecule has 0 atom stereocenters. The van der Waals surface area contributed by atoms with Crippen LogP contribution in [0.1, 0.15) is 40.2 Å². The van der Waals surface area contributed by atoms with Crippen LogP contribution in [0.5, 0.6) is 0 Å². The van der Waals surface area contributed by atoms with Gasteiger partial charge in [0.15, 0.2) is 0 Å². The van der Waals surface area contributed by atoms with E-state index in [-0.39, 0.29) is 16.7 Å². The average molecular weight is 466 g/mol. The fourth-order valence-corrected chi connectivity index (χ4v) is 5.05. The van der Waals surface area contributed by atoms with E-state index in [0.717, 1.165) is 30.2 Å². The molecule has 1 saturated heterocycles. The molecule has 0 aliphatic carbocycles. The number of nitrogens with zero attached hydrogens (tertiary/aromatic N) is 1. The van der Waals surface area contributed by atoms with Crippen LogP contribution >= 0.6 is 0 Å². The van der Waals surface area contributed by atoms with Crippen LogP contribution in [0.25, 0.3) is 0 Å². The van der Waals surface area contributed by atoms with Crippen LogP contribution < -0.4 is 9.44 Å². The monoisotopic (exact) mass is 465 g/mol. The van der Waals surface area contributed by atoms with Crippen molar-refractivity contribution in [3.8, 4) is 0 Å². The van der Waals surface area contributed by atoms with Gasteiger partial charge in [-0.25, -0.2) is 21.6 Å². The lowest BCUT2D eigenvalue weighted by Crippen LogP contribution is -2.38. The van der Waals surface area contributed by atoms with Crippen molar-refractivity contribution in [1.29, 1.82) is 0 Å². The number of benzene rings is 2. The standard InChI is InChI=1S/C21H27N3O5S2/c1-15-4-5-18(14-20(15)23-30(3,26)27)21(25)24-12-10-17(11-13-24)16-6-8-19(9-7-16)31(28,29)22-2/h4-9,14,17,22-23H,10-13H2,1-3H3. The Balaban J connectivity index is 1.67. The number of carbonyl (C=O) groups is 1. The number of aryl methyl sites for hydroxylation is 1. The lowest BCUT2D eigenvalue weighted by molar-refractivity contribution is 0.0713. The van der Waals surface area contributed by atoms with Crippen LogP contribution in [-0.2, 0) is 20.0 Å². The minimum absolute atomic E-state index is 0.134. The van der Waals surface area contributed by atoms with Gasteiger partial charge < -0.3 is 4.90 Å². The second-order valence-corrected chi connectivity index (χ2v) is 11.4. The van der Waals surface area contributed by atoms with Gasteiger partial charge in [-0.15, -0.1) is 0 Å². The first-order valence-corrected chi connectivity index (χ1v) is 13.3. The van der Waals surface area contributed by atoms with Crippen molar-refractivity contribution in [3.05, 3.63) is 59.2 Å². The molecule has 0 spiro atoms. The smallest absolute Gasteiger partial charge is 0.253 e. The Kier molecular flexibility index (Phi) is 6.73. The van der Waals surface area contributed by atoms with E-state index in [1.54, 1.807) is 42.2 Å². The zero-order valence-electron chi connectivity index (χ0n) is 17.8. The summed E-state index contributed by atoms with van der Waals surface area (Å²) in [6.45, 7) is 2.92. The third kappa shape index (κ3) is 5.63. The van der Waals surface area contributed by atoms with Gasteiger partial charge in [-0.2, -0.15) is 0 Å². The largest absolute Gasteiger partial charge is 0.339 e.